The molecule has 1 aromatic heterocycles. The smallest absolute Gasteiger partial charge is 0.338 e. The molecule has 0 fully saturated rings. The van der Waals surface area contributed by atoms with E-state index >= 15 is 0 Å². The molecule has 1 aromatic carbocycles. The van der Waals surface area contributed by atoms with Gasteiger partial charge in [0.2, 0.25) is 6.79 Å². The molecule has 2 aromatic rings. The van der Waals surface area contributed by atoms with Gasteiger partial charge in [-0.3, -0.25) is 9.36 Å². The van der Waals surface area contributed by atoms with Gasteiger partial charge in [0.05, 0.1) is 16.7 Å². The second-order valence-electron chi connectivity index (χ2n) is 6.72. The minimum atomic E-state index is -0.586. The number of ether oxygens (including phenoxy) is 3. The maximum Gasteiger partial charge on any atom is 0.338 e. The Hall–Kier alpha value is -2.87. The van der Waals surface area contributed by atoms with Crippen molar-refractivity contribution >= 4 is 28.6 Å². The third-order valence-corrected chi connectivity index (χ3v) is 5.94. The summed E-state index contributed by atoms with van der Waals surface area (Å²) in [5.74, 6) is 0.791. The maximum atomic E-state index is 12.9. The molecule has 146 valence electrons. The molecule has 4 rings (SSSR count). The highest BCUT2D eigenvalue weighted by atomic mass is 32.1. The SMILES string of the molecule is CCOC(=O)C1=C(C)n2c(sc(=C(C)C)c2=O)=N[C@@H]1c1ccc2c(c1)OCO2. The summed E-state index contributed by atoms with van der Waals surface area (Å²) in [4.78, 5) is 30.9. The molecule has 0 N–H and O–H groups in total. The minimum absolute atomic E-state index is 0.160. The number of rotatable bonds is 3. The number of carbonyl (C=O) groups excluding carboxylic acids is 1. The van der Waals surface area contributed by atoms with Crippen LogP contribution in [0.5, 0.6) is 11.5 Å². The molecule has 2 aliphatic rings. The molecule has 28 heavy (non-hydrogen) atoms. The van der Waals surface area contributed by atoms with Crippen LogP contribution in [0.4, 0.5) is 0 Å². The van der Waals surface area contributed by atoms with Crippen molar-refractivity contribution in [3.05, 3.63) is 49.0 Å². The Morgan fingerprint density at radius 1 is 1.32 bits per heavy atom. The topological polar surface area (TPSA) is 79.1 Å². The van der Waals surface area contributed by atoms with Crippen molar-refractivity contribution in [1.29, 1.82) is 0 Å². The first-order valence-corrected chi connectivity index (χ1v) is 9.79. The maximum absolute atomic E-state index is 12.9. The van der Waals surface area contributed by atoms with E-state index in [9.17, 15) is 9.59 Å². The molecular weight excluding hydrogens is 380 g/mol. The van der Waals surface area contributed by atoms with Crippen LogP contribution in [0.15, 0.2) is 33.6 Å². The van der Waals surface area contributed by atoms with Gasteiger partial charge >= 0.3 is 5.97 Å². The summed E-state index contributed by atoms with van der Waals surface area (Å²) >= 11 is 1.33. The molecule has 7 nitrogen and oxygen atoms in total. The number of esters is 1. The fourth-order valence-electron chi connectivity index (χ4n) is 3.35. The van der Waals surface area contributed by atoms with Crippen LogP contribution in [0.1, 0.15) is 39.3 Å². The van der Waals surface area contributed by atoms with Gasteiger partial charge in [0.15, 0.2) is 16.3 Å². The third-order valence-electron chi connectivity index (χ3n) is 4.68. The minimum Gasteiger partial charge on any atom is -0.463 e. The van der Waals surface area contributed by atoms with E-state index in [0.29, 0.717) is 32.1 Å². The quantitative estimate of drug-likeness (QED) is 0.737. The van der Waals surface area contributed by atoms with Crippen molar-refractivity contribution in [2.45, 2.75) is 33.7 Å². The summed E-state index contributed by atoms with van der Waals surface area (Å²) in [5, 5.41) is 0. The molecule has 0 saturated carbocycles. The highest BCUT2D eigenvalue weighted by Gasteiger charge is 2.32. The first-order valence-electron chi connectivity index (χ1n) is 8.97. The highest BCUT2D eigenvalue weighted by Crippen LogP contribution is 2.38. The zero-order valence-corrected chi connectivity index (χ0v) is 16.9. The van der Waals surface area contributed by atoms with Gasteiger partial charge in [-0.1, -0.05) is 23.0 Å². The van der Waals surface area contributed by atoms with Crippen molar-refractivity contribution < 1.29 is 19.0 Å². The van der Waals surface area contributed by atoms with Crippen LogP contribution in [-0.2, 0) is 9.53 Å². The van der Waals surface area contributed by atoms with Gasteiger partial charge < -0.3 is 14.2 Å². The van der Waals surface area contributed by atoms with E-state index in [1.54, 1.807) is 19.9 Å². The van der Waals surface area contributed by atoms with Crippen LogP contribution in [0.2, 0.25) is 0 Å². The molecule has 3 heterocycles. The largest absolute Gasteiger partial charge is 0.463 e. The molecule has 8 heteroatoms. The summed E-state index contributed by atoms with van der Waals surface area (Å²) in [7, 11) is 0. The van der Waals surface area contributed by atoms with Gasteiger partial charge in [-0.25, -0.2) is 9.79 Å². The van der Waals surface area contributed by atoms with Crippen LogP contribution in [0.25, 0.3) is 11.3 Å². The molecule has 2 aliphatic heterocycles. The first-order chi connectivity index (χ1) is 13.4. The zero-order chi connectivity index (χ0) is 20.0. The molecular formula is C20H20N2O5S. The summed E-state index contributed by atoms with van der Waals surface area (Å²) in [6, 6.07) is 4.89. The van der Waals surface area contributed by atoms with Gasteiger partial charge in [-0.2, -0.15) is 0 Å². The van der Waals surface area contributed by atoms with Crippen LogP contribution >= 0.6 is 11.3 Å². The normalized spacial score (nSPS) is 17.2. The van der Waals surface area contributed by atoms with E-state index in [-0.39, 0.29) is 19.0 Å². The predicted octanol–water partition coefficient (Wildman–Crippen LogP) is 2.00. The number of carbonyl (C=O) groups is 1. The summed E-state index contributed by atoms with van der Waals surface area (Å²) in [6.07, 6.45) is 0. The third kappa shape index (κ3) is 2.84. The van der Waals surface area contributed by atoms with E-state index in [1.807, 2.05) is 26.0 Å². The van der Waals surface area contributed by atoms with Gasteiger partial charge in [-0.05, 0) is 45.4 Å². The van der Waals surface area contributed by atoms with Crippen LogP contribution in [-0.4, -0.2) is 23.9 Å². The molecule has 0 unspecified atom stereocenters. The lowest BCUT2D eigenvalue weighted by atomic mass is 9.96. The Balaban J connectivity index is 1.98. The fraction of sp³-hybridized carbons (Fsp3) is 0.350. The number of nitrogens with zero attached hydrogens (tertiary/aromatic N) is 2. The molecule has 0 saturated heterocycles. The number of benzene rings is 1. The Labute approximate surface area is 165 Å². The molecule has 0 bridgehead atoms. The zero-order valence-electron chi connectivity index (χ0n) is 16.1. The van der Waals surface area contributed by atoms with E-state index in [0.717, 1.165) is 11.1 Å². The van der Waals surface area contributed by atoms with Crippen LogP contribution in [0, 0.1) is 0 Å². The Morgan fingerprint density at radius 2 is 2.07 bits per heavy atom. The van der Waals surface area contributed by atoms with Gasteiger partial charge in [0.25, 0.3) is 5.56 Å². The monoisotopic (exact) mass is 400 g/mol. The Kier molecular flexibility index (Phi) is 4.58. The Morgan fingerprint density at radius 3 is 2.79 bits per heavy atom. The van der Waals surface area contributed by atoms with Crippen molar-refractivity contribution in [1.82, 2.24) is 4.57 Å². The summed E-state index contributed by atoms with van der Waals surface area (Å²) < 4.78 is 18.3. The average Bonchev–Trinajstić information content (AvgIpc) is 3.25. The molecule has 0 amide bonds. The Bertz CT molecular complexity index is 1180. The van der Waals surface area contributed by atoms with Crippen molar-refractivity contribution in [3.63, 3.8) is 0 Å². The van der Waals surface area contributed by atoms with Crippen molar-refractivity contribution in [3.8, 4) is 11.5 Å². The number of fused-ring (bicyclic) bond motifs is 2. The summed E-state index contributed by atoms with van der Waals surface area (Å²) in [6.45, 7) is 7.69. The van der Waals surface area contributed by atoms with Crippen LogP contribution in [0.3, 0.4) is 0 Å². The van der Waals surface area contributed by atoms with E-state index in [4.69, 9.17) is 19.2 Å². The van der Waals surface area contributed by atoms with E-state index in [2.05, 4.69) is 0 Å². The number of hydrogen-bond donors (Lipinski definition) is 0. The molecule has 0 radical (unpaired) electrons. The lowest BCUT2D eigenvalue weighted by Gasteiger charge is -2.22. The molecule has 0 spiro atoms. The summed E-state index contributed by atoms with van der Waals surface area (Å²) in [5.41, 5.74) is 2.43. The standard InChI is InChI=1S/C20H20N2O5S/c1-5-25-19(24)15-11(4)22-18(23)17(10(2)3)28-20(22)21-16(15)12-6-7-13-14(8-12)27-9-26-13/h6-8,16H,5,9H2,1-4H3/t16-/m1/s1. The number of thiazole rings is 1. The van der Waals surface area contributed by atoms with Crippen molar-refractivity contribution in [2.75, 3.05) is 13.4 Å². The fourth-order valence-corrected chi connectivity index (χ4v) is 4.39. The number of aromatic nitrogens is 1. The van der Waals surface area contributed by atoms with Gasteiger partial charge in [0.1, 0.15) is 6.04 Å². The lowest BCUT2D eigenvalue weighted by molar-refractivity contribution is -0.138. The van der Waals surface area contributed by atoms with Crippen molar-refractivity contribution in [2.24, 2.45) is 4.99 Å². The van der Waals surface area contributed by atoms with Gasteiger partial charge in [0, 0.05) is 5.70 Å². The molecule has 1 atom stereocenters. The number of allylic oxidation sites excluding steroid dienone is 1. The number of hydrogen-bond acceptors (Lipinski definition) is 7. The predicted molar refractivity (Wildman–Crippen MR) is 105 cm³/mol. The highest BCUT2D eigenvalue weighted by molar-refractivity contribution is 7.07. The lowest BCUT2D eigenvalue weighted by Crippen LogP contribution is -2.35. The van der Waals surface area contributed by atoms with E-state index < -0.39 is 12.0 Å². The van der Waals surface area contributed by atoms with E-state index in [1.165, 1.54) is 15.9 Å². The second kappa shape index (κ2) is 6.94. The van der Waals surface area contributed by atoms with Gasteiger partial charge in [-0.15, -0.1) is 0 Å². The van der Waals surface area contributed by atoms with Crippen LogP contribution < -0.4 is 24.4 Å². The average molecular weight is 400 g/mol. The second-order valence-corrected chi connectivity index (χ2v) is 7.70. The first kappa shape index (κ1) is 18.5. The molecule has 0 aliphatic carbocycles.